The van der Waals surface area contributed by atoms with Crippen molar-refractivity contribution >= 4 is 23.5 Å². The Balaban J connectivity index is 1.62. The molecule has 0 spiro atoms. The van der Waals surface area contributed by atoms with Gasteiger partial charge < -0.3 is 15.0 Å². The fourth-order valence-electron chi connectivity index (χ4n) is 2.86. The summed E-state index contributed by atoms with van der Waals surface area (Å²) < 4.78 is 19.2. The summed E-state index contributed by atoms with van der Waals surface area (Å²) in [6.07, 6.45) is 0.733. The molecule has 0 bridgehead atoms. The Morgan fingerprint density at radius 2 is 2.08 bits per heavy atom. The number of urea groups is 1. The lowest BCUT2D eigenvalue weighted by molar-refractivity contribution is 0.215. The molecule has 0 aliphatic carbocycles. The first-order chi connectivity index (χ1) is 12.2. The number of ether oxygens (including phenoxy) is 1. The van der Waals surface area contributed by atoms with Crippen molar-refractivity contribution in [2.75, 3.05) is 31.3 Å². The average molecular weight is 360 g/mol. The molecule has 6 heteroatoms. The van der Waals surface area contributed by atoms with Crippen molar-refractivity contribution in [1.82, 2.24) is 4.90 Å². The third kappa shape index (κ3) is 4.45. The molecule has 1 fully saturated rings. The largest absolute Gasteiger partial charge is 0.497 e. The molecule has 25 heavy (non-hydrogen) atoms. The fourth-order valence-corrected chi connectivity index (χ4v) is 4.11. The van der Waals surface area contributed by atoms with Gasteiger partial charge in [0, 0.05) is 41.4 Å². The van der Waals surface area contributed by atoms with Crippen LogP contribution >= 0.6 is 11.8 Å². The molecule has 2 aromatic rings. The Morgan fingerprint density at radius 3 is 2.88 bits per heavy atom. The maximum absolute atomic E-state index is 14.0. The van der Waals surface area contributed by atoms with Crippen molar-refractivity contribution < 1.29 is 13.9 Å². The summed E-state index contributed by atoms with van der Waals surface area (Å²) >= 11 is 1.70. The van der Waals surface area contributed by atoms with E-state index in [0.717, 1.165) is 17.7 Å². The van der Waals surface area contributed by atoms with E-state index in [1.54, 1.807) is 35.9 Å². The standard InChI is InChI=1S/C19H21FN2O2S/c1-24-15-6-4-5-14(13-15)21-19(23)22-10-9-18(25-12-11-22)16-7-2-3-8-17(16)20/h2-8,13,18H,9-12H2,1H3,(H,21,23). The Morgan fingerprint density at radius 1 is 1.24 bits per heavy atom. The van der Waals surface area contributed by atoms with Crippen molar-refractivity contribution in [2.45, 2.75) is 11.7 Å². The van der Waals surface area contributed by atoms with Gasteiger partial charge in [-0.3, -0.25) is 0 Å². The van der Waals surface area contributed by atoms with Crippen molar-refractivity contribution in [3.8, 4) is 5.75 Å². The van der Waals surface area contributed by atoms with E-state index in [0.29, 0.717) is 24.5 Å². The van der Waals surface area contributed by atoms with Gasteiger partial charge in [-0.15, -0.1) is 0 Å². The Bertz CT molecular complexity index is 741. The van der Waals surface area contributed by atoms with Crippen LogP contribution in [0.25, 0.3) is 0 Å². The molecule has 0 aromatic heterocycles. The number of carbonyl (C=O) groups is 1. The summed E-state index contributed by atoms with van der Waals surface area (Å²) in [5.74, 6) is 1.31. The molecule has 132 valence electrons. The van der Waals surface area contributed by atoms with Crippen LogP contribution in [0.5, 0.6) is 5.75 Å². The minimum absolute atomic E-state index is 0.0795. The highest BCUT2D eigenvalue weighted by molar-refractivity contribution is 7.99. The number of nitrogens with one attached hydrogen (secondary N) is 1. The molecule has 0 radical (unpaired) electrons. The summed E-state index contributed by atoms with van der Waals surface area (Å²) in [4.78, 5) is 14.3. The Kier molecular flexibility index (Phi) is 5.81. The highest BCUT2D eigenvalue weighted by atomic mass is 32.2. The predicted molar refractivity (Wildman–Crippen MR) is 99.8 cm³/mol. The van der Waals surface area contributed by atoms with Crippen LogP contribution in [0, 0.1) is 5.82 Å². The van der Waals surface area contributed by atoms with Gasteiger partial charge in [0.2, 0.25) is 0 Å². The molecule has 0 saturated carbocycles. The van der Waals surface area contributed by atoms with E-state index in [2.05, 4.69) is 5.32 Å². The lowest BCUT2D eigenvalue weighted by atomic mass is 10.1. The van der Waals surface area contributed by atoms with Crippen LogP contribution in [0.1, 0.15) is 17.2 Å². The third-order valence-electron chi connectivity index (χ3n) is 4.20. The van der Waals surface area contributed by atoms with Crippen LogP contribution in [-0.4, -0.2) is 36.9 Å². The molecule has 2 aromatic carbocycles. The zero-order valence-corrected chi connectivity index (χ0v) is 14.9. The number of hydrogen-bond donors (Lipinski definition) is 1. The molecule has 3 rings (SSSR count). The summed E-state index contributed by atoms with van der Waals surface area (Å²) in [6, 6.07) is 14.0. The number of anilines is 1. The van der Waals surface area contributed by atoms with Gasteiger partial charge in [-0.25, -0.2) is 9.18 Å². The van der Waals surface area contributed by atoms with E-state index < -0.39 is 0 Å². The van der Waals surface area contributed by atoms with Crippen LogP contribution in [0.15, 0.2) is 48.5 Å². The summed E-state index contributed by atoms with van der Waals surface area (Å²) in [5.41, 5.74) is 1.43. The SMILES string of the molecule is COc1cccc(NC(=O)N2CCSC(c3ccccc3F)CC2)c1. The number of amides is 2. The molecule has 1 N–H and O–H groups in total. The van der Waals surface area contributed by atoms with Gasteiger partial charge in [-0.2, -0.15) is 11.8 Å². The number of nitrogens with zero attached hydrogens (tertiary/aromatic N) is 1. The van der Waals surface area contributed by atoms with Crippen LogP contribution in [0.3, 0.4) is 0 Å². The Hall–Kier alpha value is -2.21. The van der Waals surface area contributed by atoms with Gasteiger partial charge in [0.25, 0.3) is 0 Å². The van der Waals surface area contributed by atoms with Crippen LogP contribution in [0.2, 0.25) is 0 Å². The maximum atomic E-state index is 14.0. The van der Waals surface area contributed by atoms with Crippen molar-refractivity contribution in [2.24, 2.45) is 0 Å². The van der Waals surface area contributed by atoms with Gasteiger partial charge in [0.1, 0.15) is 11.6 Å². The van der Waals surface area contributed by atoms with E-state index in [9.17, 15) is 9.18 Å². The highest BCUT2D eigenvalue weighted by Crippen LogP contribution is 2.35. The second-order valence-corrected chi connectivity index (χ2v) is 7.13. The van der Waals surface area contributed by atoms with Crippen molar-refractivity contribution in [3.05, 3.63) is 59.9 Å². The van der Waals surface area contributed by atoms with E-state index in [1.807, 2.05) is 30.3 Å². The van der Waals surface area contributed by atoms with Gasteiger partial charge in [0.15, 0.2) is 0 Å². The monoisotopic (exact) mass is 360 g/mol. The van der Waals surface area contributed by atoms with Gasteiger partial charge in [-0.05, 0) is 24.6 Å². The van der Waals surface area contributed by atoms with Gasteiger partial charge in [0.05, 0.1) is 7.11 Å². The van der Waals surface area contributed by atoms with Crippen LogP contribution < -0.4 is 10.1 Å². The second kappa shape index (κ2) is 8.25. The van der Waals surface area contributed by atoms with Crippen molar-refractivity contribution in [3.63, 3.8) is 0 Å². The number of hydrogen-bond acceptors (Lipinski definition) is 3. The summed E-state index contributed by atoms with van der Waals surface area (Å²) in [5, 5.41) is 2.98. The smallest absolute Gasteiger partial charge is 0.321 e. The lowest BCUT2D eigenvalue weighted by Crippen LogP contribution is -2.36. The summed E-state index contributed by atoms with van der Waals surface area (Å²) in [7, 11) is 1.59. The number of methoxy groups -OCH3 is 1. The molecule has 4 nitrogen and oxygen atoms in total. The number of thioether (sulfide) groups is 1. The topological polar surface area (TPSA) is 41.6 Å². The summed E-state index contributed by atoms with van der Waals surface area (Å²) in [6.45, 7) is 1.24. The number of benzene rings is 2. The average Bonchev–Trinajstić information content (AvgIpc) is 2.88. The number of carbonyl (C=O) groups excluding carboxylic acids is 1. The molecule has 1 saturated heterocycles. The minimum Gasteiger partial charge on any atom is -0.497 e. The minimum atomic E-state index is -0.172. The van der Waals surface area contributed by atoms with Crippen LogP contribution in [0.4, 0.5) is 14.9 Å². The van der Waals surface area contributed by atoms with Gasteiger partial charge in [-0.1, -0.05) is 24.3 Å². The molecular weight excluding hydrogens is 339 g/mol. The lowest BCUT2D eigenvalue weighted by Gasteiger charge is -2.21. The highest BCUT2D eigenvalue weighted by Gasteiger charge is 2.23. The molecule has 1 aliphatic rings. The Labute approximate surface area is 151 Å². The van der Waals surface area contributed by atoms with Crippen LogP contribution in [-0.2, 0) is 0 Å². The normalized spacial score (nSPS) is 17.7. The zero-order valence-electron chi connectivity index (χ0n) is 14.1. The zero-order chi connectivity index (χ0) is 17.6. The molecule has 1 unspecified atom stereocenters. The predicted octanol–water partition coefficient (Wildman–Crippen LogP) is 4.55. The quantitative estimate of drug-likeness (QED) is 0.873. The first-order valence-electron chi connectivity index (χ1n) is 8.23. The van der Waals surface area contributed by atoms with E-state index in [-0.39, 0.29) is 17.1 Å². The number of rotatable bonds is 3. The first kappa shape index (κ1) is 17.6. The molecule has 1 atom stereocenters. The van der Waals surface area contributed by atoms with E-state index in [4.69, 9.17) is 4.74 Å². The molecule has 1 heterocycles. The van der Waals surface area contributed by atoms with E-state index in [1.165, 1.54) is 6.07 Å². The second-order valence-electron chi connectivity index (χ2n) is 5.82. The van der Waals surface area contributed by atoms with E-state index >= 15 is 0 Å². The fraction of sp³-hybridized carbons (Fsp3) is 0.316. The van der Waals surface area contributed by atoms with Gasteiger partial charge >= 0.3 is 6.03 Å². The number of halogens is 1. The molecular formula is C19H21FN2O2S. The first-order valence-corrected chi connectivity index (χ1v) is 9.28. The molecule has 1 aliphatic heterocycles. The maximum Gasteiger partial charge on any atom is 0.321 e. The third-order valence-corrected chi connectivity index (χ3v) is 5.51. The molecule has 2 amide bonds. The van der Waals surface area contributed by atoms with Crippen molar-refractivity contribution in [1.29, 1.82) is 0 Å².